The van der Waals surface area contributed by atoms with E-state index >= 15 is 0 Å². The molecule has 3 aromatic rings. The summed E-state index contributed by atoms with van der Waals surface area (Å²) in [5.74, 6) is -0.500. The Morgan fingerprint density at radius 2 is 2.07 bits per heavy atom. The van der Waals surface area contributed by atoms with Crippen LogP contribution in [0.25, 0.3) is 10.2 Å². The monoisotopic (exact) mass is 432 g/mol. The predicted molar refractivity (Wildman–Crippen MR) is 115 cm³/mol. The zero-order chi connectivity index (χ0) is 21.5. The van der Waals surface area contributed by atoms with Crippen molar-refractivity contribution in [2.75, 3.05) is 0 Å². The fourth-order valence-electron chi connectivity index (χ4n) is 3.00. The average molecular weight is 433 g/mol. The molecule has 0 unspecified atom stereocenters. The first-order valence-electron chi connectivity index (χ1n) is 8.84. The molecule has 2 N–H and O–H groups in total. The van der Waals surface area contributed by atoms with Crippen molar-refractivity contribution in [1.82, 2.24) is 9.55 Å². The highest BCUT2D eigenvalue weighted by Gasteiger charge is 2.21. The maximum absolute atomic E-state index is 13.1. The zero-order valence-corrected chi connectivity index (χ0v) is 18.0. The quantitative estimate of drug-likeness (QED) is 0.272. The van der Waals surface area contributed by atoms with Gasteiger partial charge in [-0.1, -0.05) is 17.8 Å². The minimum Gasteiger partial charge on any atom is -0.366 e. The molecule has 3 rings (SSSR count). The van der Waals surface area contributed by atoms with Crippen molar-refractivity contribution in [3.63, 3.8) is 0 Å². The number of benzene rings is 1. The third kappa shape index (κ3) is 3.90. The number of amides is 1. The van der Waals surface area contributed by atoms with Crippen LogP contribution in [0.5, 0.6) is 0 Å². The van der Waals surface area contributed by atoms with Gasteiger partial charge in [-0.3, -0.25) is 24.3 Å². The number of aryl methyl sites for hydroxylation is 2. The Balaban J connectivity index is 2.05. The van der Waals surface area contributed by atoms with Crippen molar-refractivity contribution >= 4 is 44.9 Å². The number of nitrogens with two attached hydrogens (primary N) is 1. The summed E-state index contributed by atoms with van der Waals surface area (Å²) in [6.07, 6.45) is 0. The maximum Gasteiger partial charge on any atom is 0.274 e. The number of fused-ring (bicyclic) bond motifs is 1. The van der Waals surface area contributed by atoms with Gasteiger partial charge in [-0.2, -0.15) is 0 Å². The van der Waals surface area contributed by atoms with E-state index < -0.39 is 10.8 Å². The van der Waals surface area contributed by atoms with Crippen LogP contribution in [-0.2, 0) is 5.75 Å². The lowest BCUT2D eigenvalue weighted by Gasteiger charge is -2.15. The van der Waals surface area contributed by atoms with Crippen molar-refractivity contribution in [2.45, 2.75) is 44.6 Å². The largest absolute Gasteiger partial charge is 0.366 e. The van der Waals surface area contributed by atoms with E-state index in [4.69, 9.17) is 5.73 Å². The van der Waals surface area contributed by atoms with Crippen molar-refractivity contribution in [3.8, 4) is 0 Å². The number of thioether (sulfide) groups is 1. The van der Waals surface area contributed by atoms with E-state index in [1.165, 1.54) is 41.3 Å². The van der Waals surface area contributed by atoms with Crippen molar-refractivity contribution in [1.29, 1.82) is 0 Å². The number of nitro benzene ring substituents is 1. The molecule has 0 aliphatic carbocycles. The molecule has 0 aliphatic heterocycles. The number of nitrogens with zero attached hydrogens (tertiary/aromatic N) is 3. The summed E-state index contributed by atoms with van der Waals surface area (Å²) in [4.78, 5) is 41.7. The SMILES string of the molecule is Cc1sc2nc(SCc3ccc(C(N)=O)cc3[N+](=O)[O-])n(C(C)C)c(=O)c2c1C. The number of carbonyl (C=O) groups is 1. The van der Waals surface area contributed by atoms with Crippen LogP contribution in [0.2, 0.25) is 0 Å². The molecule has 0 bridgehead atoms. The fourth-order valence-corrected chi connectivity index (χ4v) is 5.19. The Morgan fingerprint density at radius 1 is 1.38 bits per heavy atom. The predicted octanol–water partition coefficient (Wildman–Crippen LogP) is 3.96. The van der Waals surface area contributed by atoms with E-state index in [1.54, 1.807) is 4.57 Å². The van der Waals surface area contributed by atoms with Crippen molar-refractivity contribution in [3.05, 3.63) is 60.2 Å². The molecule has 0 saturated carbocycles. The Bertz CT molecular complexity index is 1200. The Labute approximate surface area is 174 Å². The summed E-state index contributed by atoms with van der Waals surface area (Å²) in [6.45, 7) is 7.67. The Kier molecular flexibility index (Phi) is 5.76. The summed E-state index contributed by atoms with van der Waals surface area (Å²) in [6, 6.07) is 4.04. The molecule has 0 saturated heterocycles. The number of primary amides is 1. The van der Waals surface area contributed by atoms with Crippen molar-refractivity contribution < 1.29 is 9.72 Å². The first-order valence-corrected chi connectivity index (χ1v) is 10.6. The topological polar surface area (TPSA) is 121 Å². The summed E-state index contributed by atoms with van der Waals surface area (Å²) >= 11 is 2.72. The first-order chi connectivity index (χ1) is 13.6. The van der Waals surface area contributed by atoms with Crippen LogP contribution in [0.4, 0.5) is 5.69 Å². The molecule has 0 atom stereocenters. The molecule has 0 spiro atoms. The van der Waals surface area contributed by atoms with E-state index in [1.807, 2.05) is 27.7 Å². The summed E-state index contributed by atoms with van der Waals surface area (Å²) in [5, 5.41) is 12.6. The van der Waals surface area contributed by atoms with Crippen LogP contribution in [-0.4, -0.2) is 20.4 Å². The molecular weight excluding hydrogens is 412 g/mol. The van der Waals surface area contributed by atoms with Gasteiger partial charge in [-0.05, 0) is 39.3 Å². The molecule has 0 radical (unpaired) electrons. The molecule has 152 valence electrons. The van der Waals surface area contributed by atoms with Gasteiger partial charge in [-0.25, -0.2) is 4.98 Å². The lowest BCUT2D eigenvalue weighted by molar-refractivity contribution is -0.385. The number of aromatic nitrogens is 2. The molecule has 2 aromatic heterocycles. The highest BCUT2D eigenvalue weighted by Crippen LogP contribution is 2.32. The number of thiophene rings is 1. The van der Waals surface area contributed by atoms with E-state index in [0.29, 0.717) is 20.9 Å². The maximum atomic E-state index is 13.1. The molecule has 1 amide bonds. The minimum absolute atomic E-state index is 0.0774. The second-order valence-electron chi connectivity index (χ2n) is 6.88. The van der Waals surface area contributed by atoms with Gasteiger partial charge in [0.2, 0.25) is 5.91 Å². The van der Waals surface area contributed by atoms with E-state index in [-0.39, 0.29) is 28.6 Å². The second-order valence-corrected chi connectivity index (χ2v) is 9.03. The van der Waals surface area contributed by atoms with Gasteiger partial charge in [0.05, 0.1) is 10.3 Å². The third-order valence-corrected chi connectivity index (χ3v) is 6.75. The molecule has 29 heavy (non-hydrogen) atoms. The van der Waals surface area contributed by atoms with E-state index in [0.717, 1.165) is 10.4 Å². The van der Waals surface area contributed by atoms with E-state index in [9.17, 15) is 19.7 Å². The standard InChI is InChI=1S/C19H20N4O4S2/c1-9(2)22-18(25)15-10(3)11(4)29-17(15)21-19(22)28-8-13-6-5-12(16(20)24)7-14(13)23(26)27/h5-7,9H,8H2,1-4H3,(H2,20,24). The van der Waals surface area contributed by atoms with E-state index in [2.05, 4.69) is 4.98 Å². The molecule has 2 heterocycles. The summed E-state index contributed by atoms with van der Waals surface area (Å²) in [5.41, 5.74) is 6.37. The van der Waals surface area contributed by atoms with Crippen LogP contribution in [0.15, 0.2) is 28.2 Å². The molecule has 0 aliphatic rings. The van der Waals surface area contributed by atoms with Gasteiger partial charge in [0, 0.05) is 33.9 Å². The lowest BCUT2D eigenvalue weighted by Crippen LogP contribution is -2.25. The second kappa shape index (κ2) is 7.96. The number of rotatable bonds is 6. The smallest absolute Gasteiger partial charge is 0.274 e. The first kappa shape index (κ1) is 21.0. The fraction of sp³-hybridized carbons (Fsp3) is 0.316. The summed E-state index contributed by atoms with van der Waals surface area (Å²) in [7, 11) is 0. The van der Waals surface area contributed by atoms with Gasteiger partial charge >= 0.3 is 0 Å². The lowest BCUT2D eigenvalue weighted by atomic mass is 10.1. The van der Waals surface area contributed by atoms with Gasteiger partial charge < -0.3 is 5.73 Å². The van der Waals surface area contributed by atoms with Gasteiger partial charge in [0.25, 0.3) is 11.2 Å². The van der Waals surface area contributed by atoms with Gasteiger partial charge in [-0.15, -0.1) is 11.3 Å². The number of hydrogen-bond donors (Lipinski definition) is 1. The molecule has 8 nitrogen and oxygen atoms in total. The Hall–Kier alpha value is -2.72. The molecule has 0 fully saturated rings. The van der Waals surface area contributed by atoms with Crippen LogP contribution < -0.4 is 11.3 Å². The van der Waals surface area contributed by atoms with Gasteiger partial charge in [0.1, 0.15) is 4.83 Å². The highest BCUT2D eigenvalue weighted by molar-refractivity contribution is 7.98. The number of nitro groups is 1. The van der Waals surface area contributed by atoms with Crippen LogP contribution in [0.1, 0.15) is 46.3 Å². The van der Waals surface area contributed by atoms with Crippen molar-refractivity contribution in [2.24, 2.45) is 5.73 Å². The minimum atomic E-state index is -0.725. The molecular formula is C19H20N4O4S2. The molecule has 10 heteroatoms. The van der Waals surface area contributed by atoms with Crippen LogP contribution in [0.3, 0.4) is 0 Å². The van der Waals surface area contributed by atoms with Crippen LogP contribution in [0, 0.1) is 24.0 Å². The highest BCUT2D eigenvalue weighted by atomic mass is 32.2. The summed E-state index contributed by atoms with van der Waals surface area (Å²) < 4.78 is 1.62. The number of hydrogen-bond acceptors (Lipinski definition) is 7. The number of carbonyl (C=O) groups excluding carboxylic acids is 1. The third-order valence-electron chi connectivity index (χ3n) is 4.64. The van der Waals surface area contributed by atoms with Gasteiger partial charge in [0.15, 0.2) is 5.16 Å². The zero-order valence-electron chi connectivity index (χ0n) is 16.4. The van der Waals surface area contributed by atoms with Crippen LogP contribution >= 0.6 is 23.1 Å². The normalized spacial score (nSPS) is 11.3. The Morgan fingerprint density at radius 3 is 2.66 bits per heavy atom. The average Bonchev–Trinajstić information content (AvgIpc) is 2.93. The molecule has 1 aromatic carbocycles.